The fraction of sp³-hybridized carbons (Fsp3) is 0.600. The van der Waals surface area contributed by atoms with E-state index in [0.717, 1.165) is 37.4 Å². The second-order valence-electron chi connectivity index (χ2n) is 4.78. The molecule has 0 aliphatic rings. The molecule has 4 heteroatoms. The molecule has 1 N–H and O–H groups in total. The van der Waals surface area contributed by atoms with Crippen LogP contribution in [0, 0.1) is 6.92 Å². The van der Waals surface area contributed by atoms with Crippen LogP contribution < -0.4 is 10.1 Å². The van der Waals surface area contributed by atoms with Gasteiger partial charge in [0.05, 0.1) is 6.10 Å². The molecule has 0 saturated carbocycles. The lowest BCUT2D eigenvalue weighted by molar-refractivity contribution is 0.0770. The van der Waals surface area contributed by atoms with Crippen molar-refractivity contribution in [3.05, 3.63) is 28.8 Å². The highest BCUT2D eigenvalue weighted by atomic mass is 35.5. The van der Waals surface area contributed by atoms with Gasteiger partial charge in [0, 0.05) is 18.2 Å². The minimum absolute atomic E-state index is 0.314. The standard InChI is InChI=1S/C15H24ClNO2/c1-12(2)18-9-4-7-17-8-10-19-15-11-14(16)6-5-13(15)3/h5-6,11-12,17H,4,7-10H2,1-3H3. The minimum Gasteiger partial charge on any atom is -0.492 e. The first-order valence-electron chi connectivity index (χ1n) is 6.81. The molecule has 0 atom stereocenters. The van der Waals surface area contributed by atoms with E-state index in [2.05, 4.69) is 19.2 Å². The molecule has 3 nitrogen and oxygen atoms in total. The van der Waals surface area contributed by atoms with Crippen LogP contribution in [0.4, 0.5) is 0 Å². The number of benzene rings is 1. The lowest BCUT2D eigenvalue weighted by Crippen LogP contribution is -2.23. The maximum absolute atomic E-state index is 5.93. The van der Waals surface area contributed by atoms with Gasteiger partial charge in [-0.2, -0.15) is 0 Å². The first kappa shape index (κ1) is 16.3. The van der Waals surface area contributed by atoms with Crippen LogP contribution in [0.25, 0.3) is 0 Å². The van der Waals surface area contributed by atoms with Crippen molar-refractivity contribution in [2.24, 2.45) is 0 Å². The molecule has 0 aromatic heterocycles. The van der Waals surface area contributed by atoms with Gasteiger partial charge in [0.15, 0.2) is 0 Å². The van der Waals surface area contributed by atoms with Crippen molar-refractivity contribution < 1.29 is 9.47 Å². The van der Waals surface area contributed by atoms with E-state index in [9.17, 15) is 0 Å². The molecule has 1 rings (SSSR count). The quantitative estimate of drug-likeness (QED) is 0.705. The summed E-state index contributed by atoms with van der Waals surface area (Å²) in [4.78, 5) is 0. The van der Waals surface area contributed by atoms with E-state index in [-0.39, 0.29) is 0 Å². The molecule has 1 aromatic rings. The third-order valence-corrected chi connectivity index (χ3v) is 2.87. The summed E-state index contributed by atoms with van der Waals surface area (Å²) >= 11 is 5.93. The molecule has 0 saturated heterocycles. The van der Waals surface area contributed by atoms with Gasteiger partial charge in [0.25, 0.3) is 0 Å². The number of hydrogen-bond donors (Lipinski definition) is 1. The van der Waals surface area contributed by atoms with Crippen LogP contribution in [0.3, 0.4) is 0 Å². The normalized spacial score (nSPS) is 11.0. The predicted octanol–water partition coefficient (Wildman–Crippen LogP) is 3.43. The zero-order valence-corrected chi connectivity index (χ0v) is 12.8. The Balaban J connectivity index is 2.06. The van der Waals surface area contributed by atoms with E-state index in [1.807, 2.05) is 25.1 Å². The molecule has 0 spiro atoms. The fourth-order valence-corrected chi connectivity index (χ4v) is 1.77. The highest BCUT2D eigenvalue weighted by Gasteiger charge is 2.00. The van der Waals surface area contributed by atoms with Gasteiger partial charge in [-0.15, -0.1) is 0 Å². The lowest BCUT2D eigenvalue weighted by Gasteiger charge is -2.11. The van der Waals surface area contributed by atoms with Crippen LogP contribution in [0.1, 0.15) is 25.8 Å². The van der Waals surface area contributed by atoms with Gasteiger partial charge >= 0.3 is 0 Å². The van der Waals surface area contributed by atoms with Gasteiger partial charge in [-0.3, -0.25) is 0 Å². The maximum Gasteiger partial charge on any atom is 0.123 e. The Morgan fingerprint density at radius 1 is 1.21 bits per heavy atom. The van der Waals surface area contributed by atoms with Gasteiger partial charge < -0.3 is 14.8 Å². The fourth-order valence-electron chi connectivity index (χ4n) is 1.60. The van der Waals surface area contributed by atoms with Crippen molar-refractivity contribution in [1.82, 2.24) is 5.32 Å². The summed E-state index contributed by atoms with van der Waals surface area (Å²) < 4.78 is 11.1. The van der Waals surface area contributed by atoms with E-state index in [4.69, 9.17) is 21.1 Å². The monoisotopic (exact) mass is 285 g/mol. The topological polar surface area (TPSA) is 30.5 Å². The largest absolute Gasteiger partial charge is 0.492 e. The molecule has 0 heterocycles. The molecule has 19 heavy (non-hydrogen) atoms. The second kappa shape index (κ2) is 9.18. The van der Waals surface area contributed by atoms with Gasteiger partial charge in [0.2, 0.25) is 0 Å². The number of hydrogen-bond acceptors (Lipinski definition) is 3. The van der Waals surface area contributed by atoms with Gasteiger partial charge in [-0.05, 0) is 51.4 Å². The van der Waals surface area contributed by atoms with Crippen LogP contribution in [0.5, 0.6) is 5.75 Å². The Hall–Kier alpha value is -0.770. The van der Waals surface area contributed by atoms with E-state index in [0.29, 0.717) is 17.7 Å². The predicted molar refractivity (Wildman–Crippen MR) is 80.3 cm³/mol. The smallest absolute Gasteiger partial charge is 0.123 e. The number of ether oxygens (including phenoxy) is 2. The summed E-state index contributed by atoms with van der Waals surface area (Å²) in [5.41, 5.74) is 1.11. The third kappa shape index (κ3) is 7.41. The Bertz CT molecular complexity index is 369. The first-order chi connectivity index (χ1) is 9.09. The van der Waals surface area contributed by atoms with Crippen LogP contribution in [0.2, 0.25) is 5.02 Å². The molecule has 0 unspecified atom stereocenters. The van der Waals surface area contributed by atoms with Crippen molar-refractivity contribution >= 4 is 11.6 Å². The van der Waals surface area contributed by atoms with Gasteiger partial charge in [-0.1, -0.05) is 17.7 Å². The Kier molecular flexibility index (Phi) is 7.87. The summed E-state index contributed by atoms with van der Waals surface area (Å²) in [6.07, 6.45) is 1.34. The SMILES string of the molecule is Cc1ccc(Cl)cc1OCCNCCCOC(C)C. The van der Waals surface area contributed by atoms with E-state index in [1.165, 1.54) is 0 Å². The molecular weight excluding hydrogens is 262 g/mol. The van der Waals surface area contributed by atoms with Gasteiger partial charge in [0.1, 0.15) is 12.4 Å². The summed E-state index contributed by atoms with van der Waals surface area (Å²) in [6, 6.07) is 5.69. The zero-order valence-electron chi connectivity index (χ0n) is 12.0. The third-order valence-electron chi connectivity index (χ3n) is 2.64. The van der Waals surface area contributed by atoms with Crippen molar-refractivity contribution in [1.29, 1.82) is 0 Å². The molecule has 0 bridgehead atoms. The second-order valence-corrected chi connectivity index (χ2v) is 5.22. The summed E-state index contributed by atoms with van der Waals surface area (Å²) in [6.45, 7) is 9.34. The molecule has 0 fully saturated rings. The highest BCUT2D eigenvalue weighted by molar-refractivity contribution is 6.30. The van der Waals surface area contributed by atoms with Crippen LogP contribution in [-0.2, 0) is 4.74 Å². The molecule has 0 aliphatic heterocycles. The van der Waals surface area contributed by atoms with E-state index in [1.54, 1.807) is 0 Å². The molecule has 1 aromatic carbocycles. The number of aryl methyl sites for hydroxylation is 1. The summed E-state index contributed by atoms with van der Waals surface area (Å²) in [5, 5.41) is 4.03. The number of nitrogens with one attached hydrogen (secondary N) is 1. The molecular formula is C15H24ClNO2. The van der Waals surface area contributed by atoms with Crippen molar-refractivity contribution in [3.8, 4) is 5.75 Å². The molecule has 0 aliphatic carbocycles. The van der Waals surface area contributed by atoms with E-state index < -0.39 is 0 Å². The van der Waals surface area contributed by atoms with Crippen LogP contribution in [-0.4, -0.2) is 32.4 Å². The Morgan fingerprint density at radius 2 is 2.00 bits per heavy atom. The van der Waals surface area contributed by atoms with Crippen molar-refractivity contribution in [3.63, 3.8) is 0 Å². The average molecular weight is 286 g/mol. The Morgan fingerprint density at radius 3 is 2.74 bits per heavy atom. The first-order valence-corrected chi connectivity index (χ1v) is 7.18. The molecule has 0 amide bonds. The molecule has 0 radical (unpaired) electrons. The minimum atomic E-state index is 0.314. The average Bonchev–Trinajstić information content (AvgIpc) is 2.36. The van der Waals surface area contributed by atoms with Crippen LogP contribution in [0.15, 0.2) is 18.2 Å². The highest BCUT2D eigenvalue weighted by Crippen LogP contribution is 2.22. The van der Waals surface area contributed by atoms with Gasteiger partial charge in [-0.25, -0.2) is 0 Å². The lowest BCUT2D eigenvalue weighted by atomic mass is 10.2. The van der Waals surface area contributed by atoms with Crippen LogP contribution >= 0.6 is 11.6 Å². The number of rotatable bonds is 9. The summed E-state index contributed by atoms with van der Waals surface area (Å²) in [5.74, 6) is 0.859. The maximum atomic E-state index is 5.93. The van der Waals surface area contributed by atoms with Crippen molar-refractivity contribution in [2.45, 2.75) is 33.3 Å². The zero-order chi connectivity index (χ0) is 14.1. The van der Waals surface area contributed by atoms with Crippen molar-refractivity contribution in [2.75, 3.05) is 26.3 Å². The summed E-state index contributed by atoms with van der Waals surface area (Å²) in [7, 11) is 0. The number of halogens is 1. The molecule has 108 valence electrons. The van der Waals surface area contributed by atoms with E-state index >= 15 is 0 Å². The Labute approximate surface area is 121 Å².